The summed E-state index contributed by atoms with van der Waals surface area (Å²) in [6.07, 6.45) is 0. The lowest BCUT2D eigenvalue weighted by Crippen LogP contribution is -2.34. The van der Waals surface area contributed by atoms with E-state index in [1.54, 1.807) is 11.8 Å². The SMILES string of the molecule is Cc1c(N)c(NCCO)nc(NCCO)c1/N=N/c1ccc(S(=O)(=O)CCN(CCO)CCO)cc1. The largest absolute Gasteiger partial charge is 0.395 e. The second-order valence-corrected chi connectivity index (χ2v) is 9.91. The van der Waals surface area contributed by atoms with Crippen LogP contribution in [0.4, 0.5) is 28.7 Å². The number of aliphatic hydroxyl groups excluding tert-OH is 4. The summed E-state index contributed by atoms with van der Waals surface area (Å²) in [6, 6.07) is 5.94. The van der Waals surface area contributed by atoms with Crippen LogP contribution in [0.2, 0.25) is 0 Å². The first kappa shape index (κ1) is 29.4. The van der Waals surface area contributed by atoms with Crippen LogP contribution >= 0.6 is 0 Å². The first-order valence-electron chi connectivity index (χ1n) is 11.5. The number of nitrogen functional groups attached to an aromatic ring is 1. The molecular weight excluding hydrogens is 490 g/mol. The molecule has 1 aromatic heterocycles. The zero-order chi connectivity index (χ0) is 26.6. The standard InChI is InChI=1S/C22H35N7O6S/c1-16-19(23)21(24-6-11-30)26-22(25-7-12-31)20(16)28-27-17-2-4-18(5-3-17)36(34,35)15-10-29(8-13-32)9-14-33/h2-5,30-33H,6-15,23H2,1H3,(H2,24,25,26)/b28-27+. The maximum atomic E-state index is 12.7. The monoisotopic (exact) mass is 525 g/mol. The van der Waals surface area contributed by atoms with Gasteiger partial charge in [0.2, 0.25) is 0 Å². The van der Waals surface area contributed by atoms with Crippen LogP contribution in [0.15, 0.2) is 39.4 Å². The average Bonchev–Trinajstić information content (AvgIpc) is 2.87. The van der Waals surface area contributed by atoms with Crippen molar-refractivity contribution in [1.82, 2.24) is 9.88 Å². The van der Waals surface area contributed by atoms with E-state index in [2.05, 4.69) is 25.8 Å². The van der Waals surface area contributed by atoms with Crippen LogP contribution < -0.4 is 16.4 Å². The number of hydrogen-bond donors (Lipinski definition) is 7. The van der Waals surface area contributed by atoms with Crippen molar-refractivity contribution in [3.05, 3.63) is 29.8 Å². The molecule has 0 aliphatic rings. The number of aromatic nitrogens is 1. The molecule has 0 bridgehead atoms. The van der Waals surface area contributed by atoms with Gasteiger partial charge in [0, 0.05) is 38.3 Å². The number of nitrogens with two attached hydrogens (primary N) is 1. The number of rotatable bonds is 16. The van der Waals surface area contributed by atoms with Crippen LogP contribution in [0.5, 0.6) is 0 Å². The zero-order valence-electron chi connectivity index (χ0n) is 20.3. The number of nitrogens with one attached hydrogen (secondary N) is 2. The smallest absolute Gasteiger partial charge is 0.179 e. The molecule has 0 atom stereocenters. The summed E-state index contributed by atoms with van der Waals surface area (Å²) in [4.78, 5) is 6.19. The van der Waals surface area contributed by atoms with Gasteiger partial charge in [-0.25, -0.2) is 13.4 Å². The maximum Gasteiger partial charge on any atom is 0.179 e. The van der Waals surface area contributed by atoms with Crippen molar-refractivity contribution in [3.8, 4) is 0 Å². The Bertz CT molecular complexity index is 1090. The Balaban J connectivity index is 2.22. The first-order chi connectivity index (χ1) is 17.3. The van der Waals surface area contributed by atoms with Gasteiger partial charge in [0.05, 0.1) is 48.5 Å². The summed E-state index contributed by atoms with van der Waals surface area (Å²) in [5.74, 6) is 0.552. The minimum atomic E-state index is -3.58. The summed E-state index contributed by atoms with van der Waals surface area (Å²) in [6.45, 7) is 2.48. The van der Waals surface area contributed by atoms with Gasteiger partial charge in [-0.05, 0) is 31.2 Å². The van der Waals surface area contributed by atoms with Crippen molar-refractivity contribution in [2.24, 2.45) is 10.2 Å². The van der Waals surface area contributed by atoms with Gasteiger partial charge in [-0.2, -0.15) is 5.11 Å². The quantitative estimate of drug-likeness (QED) is 0.148. The average molecular weight is 526 g/mol. The molecule has 1 aromatic carbocycles. The van der Waals surface area contributed by atoms with Gasteiger partial charge in [-0.1, -0.05) is 0 Å². The minimum absolute atomic E-state index is 0.101. The Labute approximate surface area is 210 Å². The van der Waals surface area contributed by atoms with Gasteiger partial charge < -0.3 is 36.8 Å². The van der Waals surface area contributed by atoms with Gasteiger partial charge in [0.15, 0.2) is 21.5 Å². The predicted molar refractivity (Wildman–Crippen MR) is 138 cm³/mol. The van der Waals surface area contributed by atoms with Crippen molar-refractivity contribution >= 4 is 38.5 Å². The van der Waals surface area contributed by atoms with Gasteiger partial charge in [0.1, 0.15) is 5.69 Å². The fourth-order valence-corrected chi connectivity index (χ4v) is 4.53. The third-order valence-electron chi connectivity index (χ3n) is 5.24. The summed E-state index contributed by atoms with van der Waals surface area (Å²) in [5, 5.41) is 50.8. The van der Waals surface area contributed by atoms with E-state index >= 15 is 0 Å². The van der Waals surface area contributed by atoms with Gasteiger partial charge in [-0.3, -0.25) is 4.90 Å². The summed E-state index contributed by atoms with van der Waals surface area (Å²) >= 11 is 0. The number of sulfone groups is 1. The molecule has 0 spiro atoms. The Kier molecular flexibility index (Phi) is 11.9. The van der Waals surface area contributed by atoms with Crippen LogP contribution in [0, 0.1) is 6.92 Å². The minimum Gasteiger partial charge on any atom is -0.395 e. The molecule has 8 N–H and O–H groups in total. The number of hydrogen-bond acceptors (Lipinski definition) is 13. The second-order valence-electron chi connectivity index (χ2n) is 7.80. The number of pyridine rings is 1. The molecule has 0 fully saturated rings. The van der Waals surface area contributed by atoms with Crippen LogP contribution in [0.25, 0.3) is 0 Å². The summed E-state index contributed by atoms with van der Waals surface area (Å²) in [5.41, 5.74) is 7.86. The Morgan fingerprint density at radius 1 is 0.889 bits per heavy atom. The molecule has 0 radical (unpaired) electrons. The lowest BCUT2D eigenvalue weighted by atomic mass is 10.2. The predicted octanol–water partition coefficient (Wildman–Crippen LogP) is 0.256. The molecule has 0 aliphatic carbocycles. The van der Waals surface area contributed by atoms with E-state index in [4.69, 9.17) is 21.1 Å². The molecule has 36 heavy (non-hydrogen) atoms. The Morgan fingerprint density at radius 2 is 1.47 bits per heavy atom. The molecule has 0 unspecified atom stereocenters. The van der Waals surface area contributed by atoms with Crippen molar-refractivity contribution in [1.29, 1.82) is 0 Å². The third kappa shape index (κ3) is 8.36. The number of aliphatic hydroxyl groups is 4. The van der Waals surface area contributed by atoms with E-state index < -0.39 is 9.84 Å². The molecule has 0 saturated carbocycles. The molecule has 14 heteroatoms. The highest BCUT2D eigenvalue weighted by Crippen LogP contribution is 2.36. The van der Waals surface area contributed by atoms with Crippen molar-refractivity contribution in [2.45, 2.75) is 11.8 Å². The highest BCUT2D eigenvalue weighted by atomic mass is 32.2. The van der Waals surface area contributed by atoms with E-state index in [-0.39, 0.29) is 69.8 Å². The van der Waals surface area contributed by atoms with Crippen LogP contribution in [-0.4, -0.2) is 104 Å². The zero-order valence-corrected chi connectivity index (χ0v) is 21.1. The number of benzene rings is 1. The van der Waals surface area contributed by atoms with E-state index in [1.165, 1.54) is 24.3 Å². The van der Waals surface area contributed by atoms with Crippen LogP contribution in [0.3, 0.4) is 0 Å². The van der Waals surface area contributed by atoms with Crippen molar-refractivity contribution < 1.29 is 28.8 Å². The molecule has 2 rings (SSSR count). The molecule has 200 valence electrons. The van der Waals surface area contributed by atoms with Gasteiger partial charge in [0.25, 0.3) is 0 Å². The number of azo groups is 1. The highest BCUT2D eigenvalue weighted by Gasteiger charge is 2.17. The molecular formula is C22H35N7O6S. The molecule has 2 aromatic rings. The number of anilines is 3. The van der Waals surface area contributed by atoms with E-state index in [1.807, 2.05) is 0 Å². The molecule has 0 amide bonds. The summed E-state index contributed by atoms with van der Waals surface area (Å²) < 4.78 is 25.4. The first-order valence-corrected chi connectivity index (χ1v) is 13.1. The number of nitrogens with zero attached hydrogens (tertiary/aromatic N) is 4. The molecule has 1 heterocycles. The van der Waals surface area contributed by atoms with E-state index in [0.717, 1.165) is 0 Å². The molecule has 0 saturated heterocycles. The summed E-state index contributed by atoms with van der Waals surface area (Å²) in [7, 11) is -3.58. The third-order valence-corrected chi connectivity index (χ3v) is 6.95. The van der Waals surface area contributed by atoms with Crippen LogP contribution in [0.1, 0.15) is 5.56 Å². The lowest BCUT2D eigenvalue weighted by molar-refractivity contribution is 0.167. The fraction of sp³-hybridized carbons (Fsp3) is 0.500. The van der Waals surface area contributed by atoms with Gasteiger partial charge in [-0.15, -0.1) is 5.11 Å². The lowest BCUT2D eigenvalue weighted by Gasteiger charge is -2.19. The molecule has 13 nitrogen and oxygen atoms in total. The Morgan fingerprint density at radius 3 is 2.03 bits per heavy atom. The van der Waals surface area contributed by atoms with Crippen molar-refractivity contribution in [2.75, 3.05) is 81.3 Å². The van der Waals surface area contributed by atoms with E-state index in [0.29, 0.717) is 34.3 Å². The highest BCUT2D eigenvalue weighted by molar-refractivity contribution is 7.91. The van der Waals surface area contributed by atoms with Crippen LogP contribution in [-0.2, 0) is 9.84 Å². The normalized spacial score (nSPS) is 11.9. The fourth-order valence-electron chi connectivity index (χ4n) is 3.25. The Hall–Kier alpha value is -2.88. The van der Waals surface area contributed by atoms with Gasteiger partial charge >= 0.3 is 0 Å². The van der Waals surface area contributed by atoms with Crippen molar-refractivity contribution in [3.63, 3.8) is 0 Å². The maximum absolute atomic E-state index is 12.7. The molecule has 0 aliphatic heterocycles. The topological polar surface area (TPSA) is 206 Å². The second kappa shape index (κ2) is 14.6. The van der Waals surface area contributed by atoms with E-state index in [9.17, 15) is 13.5 Å².